The Morgan fingerprint density at radius 1 is 0.839 bits per heavy atom. The third kappa shape index (κ3) is 5.03. The number of carbonyl (C=O) groups excluding carboxylic acids is 2. The molecule has 1 heterocycles. The van der Waals surface area contributed by atoms with Crippen LogP contribution >= 0.6 is 0 Å². The smallest absolute Gasteiger partial charge is 0.288 e. The molecule has 0 radical (unpaired) electrons. The van der Waals surface area contributed by atoms with Gasteiger partial charge < -0.3 is 14.2 Å². The van der Waals surface area contributed by atoms with Crippen LogP contribution < -0.4 is 25.1 Å². The summed E-state index contributed by atoms with van der Waals surface area (Å²) in [6.45, 7) is 6.71. The topological polar surface area (TPSA) is 98.8 Å². The van der Waals surface area contributed by atoms with Gasteiger partial charge in [0.15, 0.2) is 11.5 Å². The quantitative estimate of drug-likeness (QED) is 0.538. The lowest BCUT2D eigenvalue weighted by atomic mass is 10.1. The van der Waals surface area contributed by atoms with Crippen molar-refractivity contribution >= 4 is 22.6 Å². The lowest BCUT2D eigenvalue weighted by Gasteiger charge is -2.17. The van der Waals surface area contributed by atoms with Crippen LogP contribution in [0.25, 0.3) is 10.8 Å². The van der Waals surface area contributed by atoms with E-state index in [0.29, 0.717) is 42.5 Å². The van der Waals surface area contributed by atoms with Gasteiger partial charge >= 0.3 is 0 Å². The molecule has 2 aromatic carbocycles. The number of hydrogen-bond acceptors (Lipinski definition) is 6. The Kier molecular flexibility index (Phi) is 7.26. The van der Waals surface area contributed by atoms with Crippen molar-refractivity contribution in [2.45, 2.75) is 20.8 Å². The monoisotopic (exact) mass is 423 g/mol. The first-order chi connectivity index (χ1) is 15.1. The average Bonchev–Trinajstić information content (AvgIpc) is 2.79. The van der Waals surface area contributed by atoms with Gasteiger partial charge in [0.05, 0.1) is 19.8 Å². The van der Waals surface area contributed by atoms with E-state index in [1.807, 2.05) is 45.0 Å². The summed E-state index contributed by atoms with van der Waals surface area (Å²) < 4.78 is 16.9. The van der Waals surface area contributed by atoms with Crippen molar-refractivity contribution in [3.05, 3.63) is 59.9 Å². The number of benzene rings is 2. The van der Waals surface area contributed by atoms with E-state index in [2.05, 4.69) is 15.8 Å². The van der Waals surface area contributed by atoms with E-state index in [1.54, 1.807) is 24.4 Å². The largest absolute Gasteiger partial charge is 0.490 e. The molecule has 0 saturated heterocycles. The Morgan fingerprint density at radius 3 is 2.10 bits per heavy atom. The van der Waals surface area contributed by atoms with E-state index >= 15 is 0 Å². The number of nitrogens with zero attached hydrogens (tertiary/aromatic N) is 1. The SMILES string of the molecule is CCOc1cc(C(=O)NNC(=O)c2nccc3ccccc23)cc(OCC)c1OCC. The zero-order valence-electron chi connectivity index (χ0n) is 17.7. The first-order valence-corrected chi connectivity index (χ1v) is 10.1. The third-order valence-electron chi connectivity index (χ3n) is 4.35. The minimum Gasteiger partial charge on any atom is -0.490 e. The van der Waals surface area contributed by atoms with Crippen LogP contribution in [0.3, 0.4) is 0 Å². The normalized spacial score (nSPS) is 10.4. The number of hydrazine groups is 1. The number of nitrogens with one attached hydrogen (secondary N) is 2. The van der Waals surface area contributed by atoms with Crippen LogP contribution in [0.2, 0.25) is 0 Å². The number of carbonyl (C=O) groups is 2. The summed E-state index contributed by atoms with van der Waals surface area (Å²) in [5, 5.41) is 1.57. The van der Waals surface area contributed by atoms with E-state index in [4.69, 9.17) is 14.2 Å². The first-order valence-electron chi connectivity index (χ1n) is 10.1. The molecule has 8 heteroatoms. The molecule has 2 N–H and O–H groups in total. The molecule has 0 unspecified atom stereocenters. The zero-order chi connectivity index (χ0) is 22.2. The molecule has 2 amide bonds. The Bertz CT molecular complexity index is 1050. The van der Waals surface area contributed by atoms with Gasteiger partial charge in [-0.25, -0.2) is 0 Å². The average molecular weight is 423 g/mol. The molecular weight excluding hydrogens is 398 g/mol. The molecule has 3 rings (SSSR count). The predicted molar refractivity (Wildman–Crippen MR) is 117 cm³/mol. The second-order valence-electron chi connectivity index (χ2n) is 6.39. The van der Waals surface area contributed by atoms with Crippen molar-refractivity contribution in [1.82, 2.24) is 15.8 Å². The van der Waals surface area contributed by atoms with Gasteiger partial charge in [-0.2, -0.15) is 0 Å². The van der Waals surface area contributed by atoms with E-state index in [-0.39, 0.29) is 11.3 Å². The molecule has 0 saturated carbocycles. The van der Waals surface area contributed by atoms with Crippen LogP contribution in [0.5, 0.6) is 17.2 Å². The summed E-state index contributed by atoms with van der Waals surface area (Å²) in [5.74, 6) is 0.168. The number of hydrogen-bond donors (Lipinski definition) is 2. The Hall–Kier alpha value is -3.81. The maximum absolute atomic E-state index is 12.7. The molecule has 0 bridgehead atoms. The zero-order valence-corrected chi connectivity index (χ0v) is 17.7. The first kappa shape index (κ1) is 21.9. The number of aromatic nitrogens is 1. The van der Waals surface area contributed by atoms with Crippen molar-refractivity contribution in [3.63, 3.8) is 0 Å². The van der Waals surface area contributed by atoms with Gasteiger partial charge in [-0.1, -0.05) is 24.3 Å². The van der Waals surface area contributed by atoms with E-state index in [1.165, 1.54) is 0 Å². The summed E-state index contributed by atoms with van der Waals surface area (Å²) in [5.41, 5.74) is 5.31. The van der Waals surface area contributed by atoms with E-state index < -0.39 is 11.8 Å². The molecule has 0 aliphatic rings. The van der Waals surface area contributed by atoms with Crippen LogP contribution in [0.15, 0.2) is 48.7 Å². The Labute approximate surface area is 180 Å². The van der Waals surface area contributed by atoms with Crippen LogP contribution in [-0.2, 0) is 0 Å². The lowest BCUT2D eigenvalue weighted by Crippen LogP contribution is -2.42. The highest BCUT2D eigenvalue weighted by Gasteiger charge is 2.19. The summed E-state index contributed by atoms with van der Waals surface area (Å²) in [7, 11) is 0. The molecule has 0 aliphatic carbocycles. The van der Waals surface area contributed by atoms with Crippen molar-refractivity contribution in [3.8, 4) is 17.2 Å². The minimum atomic E-state index is -0.529. The fourth-order valence-electron chi connectivity index (χ4n) is 3.07. The summed E-state index contributed by atoms with van der Waals surface area (Å²) in [6, 6.07) is 12.3. The fraction of sp³-hybridized carbons (Fsp3) is 0.261. The maximum Gasteiger partial charge on any atom is 0.288 e. The number of ether oxygens (including phenoxy) is 3. The standard InChI is InChI=1S/C23H25N3O5/c1-4-29-18-13-16(14-19(30-5-2)21(18)31-6-3)22(27)25-26-23(28)20-17-10-8-7-9-15(17)11-12-24-20/h7-14H,4-6H2,1-3H3,(H,25,27)(H,26,28). The summed E-state index contributed by atoms with van der Waals surface area (Å²) in [6.07, 6.45) is 1.55. The molecule has 8 nitrogen and oxygen atoms in total. The van der Waals surface area contributed by atoms with Crippen molar-refractivity contribution in [2.75, 3.05) is 19.8 Å². The molecule has 162 valence electrons. The minimum absolute atomic E-state index is 0.218. The molecule has 0 fully saturated rings. The van der Waals surface area contributed by atoms with Crippen LogP contribution in [0.1, 0.15) is 41.6 Å². The van der Waals surface area contributed by atoms with Gasteiger partial charge in [0.2, 0.25) is 5.75 Å². The number of fused-ring (bicyclic) bond motifs is 1. The van der Waals surface area contributed by atoms with Gasteiger partial charge in [0.25, 0.3) is 11.8 Å². The second kappa shape index (κ2) is 10.3. The van der Waals surface area contributed by atoms with Crippen LogP contribution in [0.4, 0.5) is 0 Å². The van der Waals surface area contributed by atoms with Gasteiger partial charge in [0.1, 0.15) is 5.69 Å². The van der Waals surface area contributed by atoms with Gasteiger partial charge in [-0.05, 0) is 44.4 Å². The van der Waals surface area contributed by atoms with E-state index in [9.17, 15) is 9.59 Å². The molecule has 0 spiro atoms. The van der Waals surface area contributed by atoms with Crippen LogP contribution in [-0.4, -0.2) is 36.6 Å². The predicted octanol–water partition coefficient (Wildman–Crippen LogP) is 3.51. The molecule has 3 aromatic rings. The molecule has 0 atom stereocenters. The molecule has 31 heavy (non-hydrogen) atoms. The van der Waals surface area contributed by atoms with Crippen LogP contribution in [0, 0.1) is 0 Å². The van der Waals surface area contributed by atoms with Gasteiger partial charge in [0, 0.05) is 17.1 Å². The highest BCUT2D eigenvalue weighted by Crippen LogP contribution is 2.39. The fourth-order valence-corrected chi connectivity index (χ4v) is 3.07. The van der Waals surface area contributed by atoms with Crippen molar-refractivity contribution < 1.29 is 23.8 Å². The van der Waals surface area contributed by atoms with Crippen molar-refractivity contribution in [2.24, 2.45) is 0 Å². The molecule has 0 aliphatic heterocycles. The Balaban J connectivity index is 1.81. The maximum atomic E-state index is 12.7. The molecule has 1 aromatic heterocycles. The van der Waals surface area contributed by atoms with Gasteiger partial charge in [-0.3, -0.25) is 25.4 Å². The summed E-state index contributed by atoms with van der Waals surface area (Å²) in [4.78, 5) is 29.5. The number of rotatable bonds is 8. The summed E-state index contributed by atoms with van der Waals surface area (Å²) >= 11 is 0. The highest BCUT2D eigenvalue weighted by atomic mass is 16.5. The second-order valence-corrected chi connectivity index (χ2v) is 6.39. The van der Waals surface area contributed by atoms with E-state index in [0.717, 1.165) is 5.39 Å². The highest BCUT2D eigenvalue weighted by molar-refractivity contribution is 6.06. The number of amides is 2. The number of pyridine rings is 1. The van der Waals surface area contributed by atoms with Gasteiger partial charge in [-0.15, -0.1) is 0 Å². The Morgan fingerprint density at radius 2 is 1.45 bits per heavy atom. The third-order valence-corrected chi connectivity index (χ3v) is 4.35. The lowest BCUT2D eigenvalue weighted by molar-refractivity contribution is 0.0844. The van der Waals surface area contributed by atoms with Crippen molar-refractivity contribution in [1.29, 1.82) is 0 Å². The molecular formula is C23H25N3O5.